The number of hydrogen-bond donors (Lipinski definition) is 2. The van der Waals surface area contributed by atoms with Crippen molar-refractivity contribution >= 4 is 5.91 Å². The van der Waals surface area contributed by atoms with Gasteiger partial charge in [0.25, 0.3) is 11.5 Å². The molecule has 1 aromatic heterocycles. The second-order valence-electron chi connectivity index (χ2n) is 8.70. The average Bonchev–Trinajstić information content (AvgIpc) is 3.28. The summed E-state index contributed by atoms with van der Waals surface area (Å²) >= 11 is 0. The molecule has 7 heteroatoms. The Kier molecular flexibility index (Phi) is 8.45. The van der Waals surface area contributed by atoms with Gasteiger partial charge in [-0.2, -0.15) is 0 Å². The van der Waals surface area contributed by atoms with Crippen LogP contribution in [0.3, 0.4) is 0 Å². The number of hydrogen-bond acceptors (Lipinski definition) is 5. The molecule has 3 rings (SSSR count). The summed E-state index contributed by atoms with van der Waals surface area (Å²) in [7, 11) is 0. The zero-order valence-corrected chi connectivity index (χ0v) is 19.3. The minimum absolute atomic E-state index is 0.0231. The number of ether oxygens (including phenoxy) is 1. The first-order valence-electron chi connectivity index (χ1n) is 11.7. The molecule has 2 N–H and O–H groups in total. The van der Waals surface area contributed by atoms with Gasteiger partial charge in [-0.05, 0) is 44.6 Å². The zero-order valence-electron chi connectivity index (χ0n) is 19.3. The molecule has 0 radical (unpaired) electrons. The molecule has 0 aliphatic heterocycles. The Balaban J connectivity index is 2.03. The Morgan fingerprint density at radius 2 is 1.97 bits per heavy atom. The number of amides is 1. The number of unbranched alkanes of at least 4 members (excludes halogenated alkanes) is 1. The standard InChI is InChI=1S/C25H35N3O4/c1-4-5-16-32-22-21(25(31)28(14-15-29)17(2)3)26-23(27-24(22)30)20-13-9-12-19(20)18-10-7-6-8-11-18/h6-8,10-11,17,19-20,29H,4-5,9,12-16H2,1-3H3,(H,26,27,30)/t19-,20-/m1/s1. The Morgan fingerprint density at radius 3 is 2.62 bits per heavy atom. The molecule has 1 aliphatic rings. The van der Waals surface area contributed by atoms with Crippen LogP contribution in [0.2, 0.25) is 0 Å². The number of H-pyrrole nitrogens is 1. The van der Waals surface area contributed by atoms with E-state index in [0.29, 0.717) is 12.4 Å². The third-order valence-electron chi connectivity index (χ3n) is 6.16. The fourth-order valence-corrected chi connectivity index (χ4v) is 4.48. The molecule has 1 saturated carbocycles. The minimum Gasteiger partial charge on any atom is -0.486 e. The average molecular weight is 442 g/mol. The van der Waals surface area contributed by atoms with Gasteiger partial charge in [0, 0.05) is 18.5 Å². The lowest BCUT2D eigenvalue weighted by molar-refractivity contribution is 0.0653. The van der Waals surface area contributed by atoms with Gasteiger partial charge < -0.3 is 19.7 Å². The number of nitrogens with one attached hydrogen (secondary N) is 1. The molecule has 1 amide bonds. The van der Waals surface area contributed by atoms with E-state index in [9.17, 15) is 14.7 Å². The number of aliphatic hydroxyl groups excluding tert-OH is 1. The van der Waals surface area contributed by atoms with Crippen LogP contribution in [0.4, 0.5) is 0 Å². The van der Waals surface area contributed by atoms with E-state index in [0.717, 1.165) is 32.1 Å². The second kappa shape index (κ2) is 11.3. The Morgan fingerprint density at radius 1 is 1.25 bits per heavy atom. The van der Waals surface area contributed by atoms with Crippen molar-refractivity contribution in [3.8, 4) is 5.75 Å². The summed E-state index contributed by atoms with van der Waals surface area (Å²) in [6, 6.07) is 10.1. The number of benzene rings is 1. The van der Waals surface area contributed by atoms with Crippen molar-refractivity contribution in [1.82, 2.24) is 14.9 Å². The lowest BCUT2D eigenvalue weighted by Crippen LogP contribution is -2.40. The van der Waals surface area contributed by atoms with Gasteiger partial charge in [0.15, 0.2) is 5.69 Å². The highest BCUT2D eigenvalue weighted by atomic mass is 16.5. The summed E-state index contributed by atoms with van der Waals surface area (Å²) in [4.78, 5) is 35.6. The van der Waals surface area contributed by atoms with E-state index in [1.165, 1.54) is 10.5 Å². The molecule has 2 aromatic rings. The third-order valence-corrected chi connectivity index (χ3v) is 6.16. The first-order chi connectivity index (χ1) is 15.5. The normalized spacial score (nSPS) is 18.2. The topological polar surface area (TPSA) is 95.5 Å². The highest BCUT2D eigenvalue weighted by Crippen LogP contribution is 2.44. The molecular weight excluding hydrogens is 406 g/mol. The zero-order chi connectivity index (χ0) is 23.1. The molecule has 0 unspecified atom stereocenters. The molecule has 1 heterocycles. The van der Waals surface area contributed by atoms with Crippen LogP contribution in [0.25, 0.3) is 0 Å². The molecular formula is C25H35N3O4. The maximum atomic E-state index is 13.4. The van der Waals surface area contributed by atoms with E-state index in [-0.39, 0.29) is 48.4 Å². The Hall–Kier alpha value is -2.67. The summed E-state index contributed by atoms with van der Waals surface area (Å²) in [5, 5.41) is 9.45. The van der Waals surface area contributed by atoms with Crippen molar-refractivity contribution < 1.29 is 14.6 Å². The molecule has 0 spiro atoms. The highest BCUT2D eigenvalue weighted by molar-refractivity contribution is 5.95. The van der Waals surface area contributed by atoms with Crippen LogP contribution in [0.1, 0.15) is 86.6 Å². The quantitative estimate of drug-likeness (QED) is 0.546. The first-order valence-corrected chi connectivity index (χ1v) is 11.7. The molecule has 7 nitrogen and oxygen atoms in total. The SMILES string of the molecule is CCCCOc1c(C(=O)N(CCO)C(C)C)nc([C@@H]2CCC[C@@H]2c2ccccc2)[nH]c1=O. The van der Waals surface area contributed by atoms with Crippen molar-refractivity contribution in [1.29, 1.82) is 0 Å². The molecule has 32 heavy (non-hydrogen) atoms. The molecule has 2 atom stereocenters. The van der Waals surface area contributed by atoms with Crippen LogP contribution >= 0.6 is 0 Å². The number of rotatable bonds is 10. The number of nitrogens with zero attached hydrogens (tertiary/aromatic N) is 2. The summed E-state index contributed by atoms with van der Waals surface area (Å²) in [5.74, 6) is 0.409. The van der Waals surface area contributed by atoms with Crippen molar-refractivity contribution in [2.45, 2.75) is 70.8 Å². The van der Waals surface area contributed by atoms with Crippen LogP contribution < -0.4 is 10.3 Å². The van der Waals surface area contributed by atoms with Gasteiger partial charge in [0.2, 0.25) is 5.75 Å². The minimum atomic E-state index is -0.416. The van der Waals surface area contributed by atoms with Crippen molar-refractivity contribution in [2.24, 2.45) is 0 Å². The molecule has 1 aliphatic carbocycles. The van der Waals surface area contributed by atoms with Crippen molar-refractivity contribution in [3.05, 3.63) is 57.8 Å². The van der Waals surface area contributed by atoms with Gasteiger partial charge in [-0.3, -0.25) is 9.59 Å². The van der Waals surface area contributed by atoms with Gasteiger partial charge in [-0.1, -0.05) is 50.1 Å². The van der Waals surface area contributed by atoms with Crippen molar-refractivity contribution in [2.75, 3.05) is 19.8 Å². The van der Waals surface area contributed by atoms with Crippen LogP contribution in [-0.4, -0.2) is 51.7 Å². The predicted octanol–water partition coefficient (Wildman–Crippen LogP) is 3.84. The maximum absolute atomic E-state index is 13.4. The van der Waals surface area contributed by atoms with E-state index in [1.807, 2.05) is 39.0 Å². The molecule has 1 fully saturated rings. The highest BCUT2D eigenvalue weighted by Gasteiger charge is 2.34. The van der Waals surface area contributed by atoms with Crippen LogP contribution in [0, 0.1) is 0 Å². The van der Waals surface area contributed by atoms with Crippen LogP contribution in [0.5, 0.6) is 5.75 Å². The Bertz CT molecular complexity index is 942. The number of carbonyl (C=O) groups excluding carboxylic acids is 1. The van der Waals surface area contributed by atoms with E-state index >= 15 is 0 Å². The lowest BCUT2D eigenvalue weighted by Gasteiger charge is -2.27. The predicted molar refractivity (Wildman–Crippen MR) is 124 cm³/mol. The van der Waals surface area contributed by atoms with E-state index in [1.54, 1.807) is 0 Å². The van der Waals surface area contributed by atoms with E-state index in [4.69, 9.17) is 9.72 Å². The monoisotopic (exact) mass is 441 g/mol. The van der Waals surface area contributed by atoms with Gasteiger partial charge in [0.05, 0.1) is 13.2 Å². The smallest absolute Gasteiger partial charge is 0.294 e. The largest absolute Gasteiger partial charge is 0.486 e. The lowest BCUT2D eigenvalue weighted by atomic mass is 9.88. The number of aromatic nitrogens is 2. The van der Waals surface area contributed by atoms with Gasteiger partial charge in [-0.25, -0.2) is 4.98 Å². The van der Waals surface area contributed by atoms with Crippen molar-refractivity contribution in [3.63, 3.8) is 0 Å². The van der Waals surface area contributed by atoms with E-state index in [2.05, 4.69) is 17.1 Å². The number of aliphatic hydroxyl groups is 1. The second-order valence-corrected chi connectivity index (χ2v) is 8.70. The van der Waals surface area contributed by atoms with Crippen LogP contribution in [-0.2, 0) is 0 Å². The van der Waals surface area contributed by atoms with Gasteiger partial charge >= 0.3 is 0 Å². The Labute approximate surface area is 189 Å². The fourth-order valence-electron chi connectivity index (χ4n) is 4.48. The molecule has 0 bridgehead atoms. The molecule has 174 valence electrons. The number of carbonyl (C=O) groups is 1. The first kappa shape index (κ1) is 24.0. The number of aromatic amines is 1. The maximum Gasteiger partial charge on any atom is 0.294 e. The summed E-state index contributed by atoms with van der Waals surface area (Å²) < 4.78 is 5.75. The summed E-state index contributed by atoms with van der Waals surface area (Å²) in [5.41, 5.74) is 0.847. The molecule has 0 saturated heterocycles. The van der Waals surface area contributed by atoms with E-state index < -0.39 is 5.56 Å². The van der Waals surface area contributed by atoms with Crippen LogP contribution in [0.15, 0.2) is 35.1 Å². The molecule has 1 aromatic carbocycles. The summed E-state index contributed by atoms with van der Waals surface area (Å²) in [6.45, 7) is 6.14. The van der Waals surface area contributed by atoms with Gasteiger partial charge in [0.1, 0.15) is 5.82 Å². The van der Waals surface area contributed by atoms with Gasteiger partial charge in [-0.15, -0.1) is 0 Å². The fraction of sp³-hybridized carbons (Fsp3) is 0.560. The third kappa shape index (κ3) is 5.38. The summed E-state index contributed by atoms with van der Waals surface area (Å²) in [6.07, 6.45) is 4.64.